The molecule has 2 aromatic rings. The monoisotopic (exact) mass is 398 g/mol. The molecule has 0 spiro atoms. The SMILES string of the molecule is C[C@@H](Oc1ccc(C(C)(C)C)cc1)C(=O)OCC(=O)NNC(=O)c1ccccc1. The third-order valence-electron chi connectivity index (χ3n) is 4.06. The van der Waals surface area contributed by atoms with Crippen LogP contribution >= 0.6 is 0 Å². The second kappa shape index (κ2) is 9.73. The van der Waals surface area contributed by atoms with Crippen molar-refractivity contribution in [2.75, 3.05) is 6.61 Å². The predicted molar refractivity (Wildman–Crippen MR) is 108 cm³/mol. The van der Waals surface area contributed by atoms with Crippen molar-refractivity contribution in [3.63, 3.8) is 0 Å². The number of benzene rings is 2. The van der Waals surface area contributed by atoms with Crippen molar-refractivity contribution >= 4 is 17.8 Å². The molecule has 2 N–H and O–H groups in total. The molecule has 7 nitrogen and oxygen atoms in total. The van der Waals surface area contributed by atoms with Crippen molar-refractivity contribution in [2.24, 2.45) is 0 Å². The number of esters is 1. The van der Waals surface area contributed by atoms with Crippen LogP contribution in [0.1, 0.15) is 43.6 Å². The van der Waals surface area contributed by atoms with Gasteiger partial charge in [0.1, 0.15) is 5.75 Å². The summed E-state index contributed by atoms with van der Waals surface area (Å²) in [6.07, 6.45) is -0.887. The van der Waals surface area contributed by atoms with Gasteiger partial charge >= 0.3 is 5.97 Å². The molecule has 0 aliphatic heterocycles. The van der Waals surface area contributed by atoms with E-state index in [1.165, 1.54) is 6.92 Å². The Morgan fingerprint density at radius 3 is 2.14 bits per heavy atom. The van der Waals surface area contributed by atoms with Crippen molar-refractivity contribution in [1.82, 2.24) is 10.9 Å². The van der Waals surface area contributed by atoms with Crippen molar-refractivity contribution in [1.29, 1.82) is 0 Å². The van der Waals surface area contributed by atoms with Crippen LogP contribution in [0.15, 0.2) is 54.6 Å². The summed E-state index contributed by atoms with van der Waals surface area (Å²) < 4.78 is 10.5. The lowest BCUT2D eigenvalue weighted by Gasteiger charge is -2.20. The third kappa shape index (κ3) is 6.95. The highest BCUT2D eigenvalue weighted by Gasteiger charge is 2.19. The van der Waals surface area contributed by atoms with Crippen molar-refractivity contribution in [3.8, 4) is 5.75 Å². The number of nitrogens with one attached hydrogen (secondary N) is 2. The summed E-state index contributed by atoms with van der Waals surface area (Å²) in [4.78, 5) is 35.6. The van der Waals surface area contributed by atoms with Crippen LogP contribution in [0.2, 0.25) is 0 Å². The van der Waals surface area contributed by atoms with E-state index in [0.717, 1.165) is 5.56 Å². The van der Waals surface area contributed by atoms with E-state index < -0.39 is 30.5 Å². The lowest BCUT2D eigenvalue weighted by atomic mass is 9.87. The molecule has 1 atom stereocenters. The van der Waals surface area contributed by atoms with Gasteiger partial charge in [0.15, 0.2) is 12.7 Å². The number of rotatable bonds is 6. The molecule has 2 amide bonds. The number of hydrazine groups is 1. The molecular weight excluding hydrogens is 372 g/mol. The van der Waals surface area contributed by atoms with Gasteiger partial charge in [0.2, 0.25) is 0 Å². The Morgan fingerprint density at radius 2 is 1.55 bits per heavy atom. The molecule has 29 heavy (non-hydrogen) atoms. The van der Waals surface area contributed by atoms with E-state index in [1.54, 1.807) is 42.5 Å². The highest BCUT2D eigenvalue weighted by atomic mass is 16.6. The molecule has 0 radical (unpaired) electrons. The fourth-order valence-corrected chi connectivity index (χ4v) is 2.36. The zero-order valence-corrected chi connectivity index (χ0v) is 17.0. The number of ether oxygens (including phenoxy) is 2. The van der Waals surface area contributed by atoms with Crippen LogP contribution < -0.4 is 15.6 Å². The van der Waals surface area contributed by atoms with Gasteiger partial charge in [-0.15, -0.1) is 0 Å². The quantitative estimate of drug-likeness (QED) is 0.576. The van der Waals surface area contributed by atoms with Crippen LogP contribution in [0.25, 0.3) is 0 Å². The minimum Gasteiger partial charge on any atom is -0.479 e. The molecule has 0 aromatic heterocycles. The number of amides is 2. The van der Waals surface area contributed by atoms with E-state index >= 15 is 0 Å². The number of carbonyl (C=O) groups excluding carboxylic acids is 3. The van der Waals surface area contributed by atoms with E-state index in [1.807, 2.05) is 12.1 Å². The van der Waals surface area contributed by atoms with Gasteiger partial charge < -0.3 is 9.47 Å². The van der Waals surface area contributed by atoms with Crippen LogP contribution in [-0.4, -0.2) is 30.5 Å². The highest BCUT2D eigenvalue weighted by Crippen LogP contribution is 2.24. The zero-order chi connectivity index (χ0) is 21.4. The van der Waals surface area contributed by atoms with Gasteiger partial charge in [-0.2, -0.15) is 0 Å². The molecule has 0 saturated carbocycles. The van der Waals surface area contributed by atoms with Gasteiger partial charge in [0, 0.05) is 5.56 Å². The highest BCUT2D eigenvalue weighted by molar-refractivity contribution is 5.95. The topological polar surface area (TPSA) is 93.7 Å². The Bertz CT molecular complexity index is 842. The molecule has 0 bridgehead atoms. The maximum atomic E-state index is 12.0. The predicted octanol–water partition coefficient (Wildman–Crippen LogP) is 2.76. The Balaban J connectivity index is 1.75. The van der Waals surface area contributed by atoms with Crippen molar-refractivity contribution in [2.45, 2.75) is 39.2 Å². The van der Waals surface area contributed by atoms with Gasteiger partial charge in [0.05, 0.1) is 0 Å². The fourth-order valence-electron chi connectivity index (χ4n) is 2.36. The lowest BCUT2D eigenvalue weighted by molar-refractivity contribution is -0.154. The molecule has 0 fully saturated rings. The van der Waals surface area contributed by atoms with Crippen LogP contribution in [0, 0.1) is 0 Å². The summed E-state index contributed by atoms with van der Waals surface area (Å²) in [6, 6.07) is 15.9. The lowest BCUT2D eigenvalue weighted by Crippen LogP contribution is -2.44. The molecule has 2 aromatic carbocycles. The molecule has 154 valence electrons. The first-order valence-electron chi connectivity index (χ1n) is 9.25. The molecular formula is C22H26N2O5. The standard InChI is InChI=1S/C22H26N2O5/c1-15(29-18-12-10-17(11-13-18)22(2,3)4)21(27)28-14-19(25)23-24-20(26)16-8-6-5-7-9-16/h5-13,15H,14H2,1-4H3,(H,23,25)(H,24,26)/t15-/m1/s1. The molecule has 0 saturated heterocycles. The summed E-state index contributed by atoms with van der Waals surface area (Å²) in [6.45, 7) is 7.32. The second-order valence-electron chi connectivity index (χ2n) is 7.51. The molecule has 0 aliphatic rings. The van der Waals surface area contributed by atoms with Crippen LogP contribution in [-0.2, 0) is 19.7 Å². The molecule has 7 heteroatoms. The summed E-state index contributed by atoms with van der Waals surface area (Å²) >= 11 is 0. The van der Waals surface area contributed by atoms with E-state index in [0.29, 0.717) is 11.3 Å². The normalized spacial score (nSPS) is 11.9. The van der Waals surface area contributed by atoms with E-state index in [4.69, 9.17) is 9.47 Å². The van der Waals surface area contributed by atoms with Crippen LogP contribution in [0.5, 0.6) is 5.75 Å². The summed E-state index contributed by atoms with van der Waals surface area (Å²) in [5.74, 6) is -1.29. The van der Waals surface area contributed by atoms with Gasteiger partial charge in [-0.25, -0.2) is 4.79 Å². The summed E-state index contributed by atoms with van der Waals surface area (Å²) in [5.41, 5.74) is 6.00. The van der Waals surface area contributed by atoms with Crippen molar-refractivity contribution in [3.05, 3.63) is 65.7 Å². The maximum absolute atomic E-state index is 12.0. The average molecular weight is 398 g/mol. The summed E-state index contributed by atoms with van der Waals surface area (Å²) in [5, 5.41) is 0. The van der Waals surface area contributed by atoms with Gasteiger partial charge in [-0.05, 0) is 42.2 Å². The van der Waals surface area contributed by atoms with Gasteiger partial charge in [0.25, 0.3) is 11.8 Å². The Kier molecular flexibility index (Phi) is 7.36. The van der Waals surface area contributed by atoms with Gasteiger partial charge in [-0.3, -0.25) is 20.4 Å². The smallest absolute Gasteiger partial charge is 0.347 e. The van der Waals surface area contributed by atoms with E-state index in [2.05, 4.69) is 31.6 Å². The number of hydrogen-bond donors (Lipinski definition) is 2. The Labute approximate surface area is 170 Å². The first-order chi connectivity index (χ1) is 13.7. The number of carbonyl (C=O) groups is 3. The number of hydrogen-bond acceptors (Lipinski definition) is 5. The molecule has 2 rings (SSSR count). The Morgan fingerprint density at radius 1 is 0.931 bits per heavy atom. The maximum Gasteiger partial charge on any atom is 0.347 e. The third-order valence-corrected chi connectivity index (χ3v) is 4.06. The molecule has 0 aliphatic carbocycles. The van der Waals surface area contributed by atoms with E-state index in [-0.39, 0.29) is 5.41 Å². The minimum atomic E-state index is -0.887. The first-order valence-corrected chi connectivity index (χ1v) is 9.25. The average Bonchev–Trinajstić information content (AvgIpc) is 2.70. The fraction of sp³-hybridized carbons (Fsp3) is 0.318. The molecule has 0 unspecified atom stereocenters. The Hall–Kier alpha value is -3.35. The largest absolute Gasteiger partial charge is 0.479 e. The van der Waals surface area contributed by atoms with Crippen LogP contribution in [0.3, 0.4) is 0 Å². The van der Waals surface area contributed by atoms with E-state index in [9.17, 15) is 14.4 Å². The second-order valence-corrected chi connectivity index (χ2v) is 7.51. The van der Waals surface area contributed by atoms with Crippen LogP contribution in [0.4, 0.5) is 0 Å². The minimum absolute atomic E-state index is 0.0202. The van der Waals surface area contributed by atoms with Crippen molar-refractivity contribution < 1.29 is 23.9 Å². The van der Waals surface area contributed by atoms with Gasteiger partial charge in [-0.1, -0.05) is 51.1 Å². The first kappa shape index (κ1) is 21.9. The molecule has 0 heterocycles. The zero-order valence-electron chi connectivity index (χ0n) is 17.0. The summed E-state index contributed by atoms with van der Waals surface area (Å²) in [7, 11) is 0.